The highest BCUT2D eigenvalue weighted by molar-refractivity contribution is 8.03. The average Bonchev–Trinajstić information content (AvgIpc) is 1.87. The van der Waals surface area contributed by atoms with Crippen LogP contribution in [0.15, 0.2) is 11.0 Å². The smallest absolute Gasteiger partial charge is 0.00974 e. The third kappa shape index (κ3) is 1.23. The molecule has 0 saturated carbocycles. The molecule has 0 radical (unpaired) electrons. The topological polar surface area (TPSA) is 0 Å². The normalized spacial score (nSPS) is 30.6. The fraction of sp³-hybridized carbons (Fsp3) is 0.667. The first kappa shape index (κ1) is 5.23. The van der Waals surface area contributed by atoms with Gasteiger partial charge in [0.1, 0.15) is 0 Å². The Balaban J connectivity index is 2.42. The van der Waals surface area contributed by atoms with Crippen LogP contribution in [0.2, 0.25) is 0 Å². The summed E-state index contributed by atoms with van der Waals surface area (Å²) >= 11 is 1.94. The largest absolute Gasteiger partial charge is 0.131 e. The van der Waals surface area contributed by atoms with Gasteiger partial charge < -0.3 is 0 Å². The summed E-state index contributed by atoms with van der Waals surface area (Å²) in [5.41, 5.74) is 1.54. The second kappa shape index (κ2) is 1.91. The van der Waals surface area contributed by atoms with Gasteiger partial charge in [-0.1, -0.05) is 12.5 Å². The Kier molecular flexibility index (Phi) is 1.43. The third-order valence-electron chi connectivity index (χ3n) is 1.11. The van der Waals surface area contributed by atoms with E-state index < -0.39 is 0 Å². The highest BCUT2D eigenvalue weighted by Crippen LogP contribution is 2.28. The molecule has 1 aliphatic rings. The molecule has 0 aromatic carbocycles. The molecule has 1 rings (SSSR count). The predicted octanol–water partition coefficient (Wildman–Crippen LogP) is 2.42. The lowest BCUT2D eigenvalue weighted by atomic mass is 10.2. The summed E-state index contributed by atoms with van der Waals surface area (Å²) in [6.07, 6.45) is 1.30. The molecular formula is C6H10S. The van der Waals surface area contributed by atoms with Crippen molar-refractivity contribution in [2.45, 2.75) is 25.5 Å². The molecule has 0 nitrogen and oxygen atoms in total. The van der Waals surface area contributed by atoms with E-state index in [1.807, 2.05) is 11.8 Å². The van der Waals surface area contributed by atoms with Crippen molar-refractivity contribution in [2.24, 2.45) is 0 Å². The average molecular weight is 114 g/mol. The molecule has 0 bridgehead atoms. The Labute approximate surface area is 49.0 Å². The highest BCUT2D eigenvalue weighted by Gasteiger charge is 2.07. The molecule has 0 fully saturated rings. The van der Waals surface area contributed by atoms with Gasteiger partial charge in [0, 0.05) is 5.25 Å². The molecule has 0 N–H and O–H groups in total. The molecule has 7 heavy (non-hydrogen) atoms. The zero-order chi connectivity index (χ0) is 5.28. The van der Waals surface area contributed by atoms with Crippen molar-refractivity contribution in [1.29, 1.82) is 0 Å². The van der Waals surface area contributed by atoms with Crippen LogP contribution in [0.4, 0.5) is 0 Å². The van der Waals surface area contributed by atoms with Crippen molar-refractivity contribution in [1.82, 2.24) is 0 Å². The second-order valence-electron chi connectivity index (χ2n) is 2.12. The van der Waals surface area contributed by atoms with E-state index >= 15 is 0 Å². The maximum absolute atomic E-state index is 2.26. The predicted molar refractivity (Wildman–Crippen MR) is 35.4 cm³/mol. The number of rotatable bonds is 0. The molecule has 0 amide bonds. The van der Waals surface area contributed by atoms with Crippen LogP contribution in [0.1, 0.15) is 20.3 Å². The van der Waals surface area contributed by atoms with Crippen molar-refractivity contribution >= 4 is 11.8 Å². The molecule has 1 heteroatoms. The van der Waals surface area contributed by atoms with Gasteiger partial charge in [-0.3, -0.25) is 0 Å². The number of hydrogen-bond donors (Lipinski definition) is 0. The van der Waals surface area contributed by atoms with Gasteiger partial charge in [0.05, 0.1) is 0 Å². The molecule has 0 aromatic heterocycles. The molecule has 0 aromatic rings. The van der Waals surface area contributed by atoms with Crippen LogP contribution in [-0.4, -0.2) is 5.25 Å². The van der Waals surface area contributed by atoms with Crippen molar-refractivity contribution in [3.8, 4) is 0 Å². The summed E-state index contributed by atoms with van der Waals surface area (Å²) in [6.45, 7) is 4.45. The van der Waals surface area contributed by atoms with Crippen LogP contribution in [-0.2, 0) is 0 Å². The minimum atomic E-state index is 0.847. The Morgan fingerprint density at radius 3 is 2.71 bits per heavy atom. The third-order valence-corrected chi connectivity index (χ3v) is 2.28. The lowest BCUT2D eigenvalue weighted by Crippen LogP contribution is -1.85. The molecule has 1 aliphatic heterocycles. The van der Waals surface area contributed by atoms with Gasteiger partial charge in [0.15, 0.2) is 0 Å². The number of thioether (sulfide) groups is 1. The second-order valence-corrected chi connectivity index (χ2v) is 3.43. The minimum Gasteiger partial charge on any atom is -0.131 e. The summed E-state index contributed by atoms with van der Waals surface area (Å²) in [7, 11) is 0. The van der Waals surface area contributed by atoms with E-state index in [9.17, 15) is 0 Å². The van der Waals surface area contributed by atoms with Crippen LogP contribution in [0.5, 0.6) is 0 Å². The lowest BCUT2D eigenvalue weighted by Gasteiger charge is -1.94. The molecule has 0 spiro atoms. The van der Waals surface area contributed by atoms with E-state index in [0.29, 0.717) is 0 Å². The van der Waals surface area contributed by atoms with Crippen molar-refractivity contribution in [3.63, 3.8) is 0 Å². The maximum Gasteiger partial charge on any atom is 0.00974 e. The first-order valence-electron chi connectivity index (χ1n) is 2.60. The van der Waals surface area contributed by atoms with Crippen molar-refractivity contribution < 1.29 is 0 Å². The van der Waals surface area contributed by atoms with Gasteiger partial charge in [-0.25, -0.2) is 0 Å². The van der Waals surface area contributed by atoms with E-state index in [-0.39, 0.29) is 0 Å². The maximum atomic E-state index is 2.26. The van der Waals surface area contributed by atoms with Gasteiger partial charge in [0.25, 0.3) is 0 Å². The summed E-state index contributed by atoms with van der Waals surface area (Å²) in [4.78, 5) is 0. The summed E-state index contributed by atoms with van der Waals surface area (Å²) in [5.74, 6) is 0. The van der Waals surface area contributed by atoms with Gasteiger partial charge >= 0.3 is 0 Å². The Morgan fingerprint density at radius 1 is 1.86 bits per heavy atom. The summed E-state index contributed by atoms with van der Waals surface area (Å²) < 4.78 is 0. The Morgan fingerprint density at radius 2 is 2.57 bits per heavy atom. The number of hydrogen-bond acceptors (Lipinski definition) is 1. The van der Waals surface area contributed by atoms with Crippen LogP contribution in [0.25, 0.3) is 0 Å². The zero-order valence-electron chi connectivity index (χ0n) is 4.77. The molecule has 1 unspecified atom stereocenters. The van der Waals surface area contributed by atoms with E-state index in [4.69, 9.17) is 0 Å². The Bertz CT molecular complexity index is 94.4. The van der Waals surface area contributed by atoms with Crippen molar-refractivity contribution in [2.75, 3.05) is 0 Å². The SMILES string of the molecule is CC1=CSC(C)C1. The van der Waals surface area contributed by atoms with E-state index in [1.165, 1.54) is 12.0 Å². The standard InChI is InChI=1S/C6H10S/c1-5-3-6(2)7-4-5/h4,6H,3H2,1-2H3. The quantitative estimate of drug-likeness (QED) is 0.466. The van der Waals surface area contributed by atoms with E-state index in [2.05, 4.69) is 19.3 Å². The van der Waals surface area contributed by atoms with Crippen molar-refractivity contribution in [3.05, 3.63) is 11.0 Å². The van der Waals surface area contributed by atoms with E-state index in [0.717, 1.165) is 5.25 Å². The van der Waals surface area contributed by atoms with Gasteiger partial charge in [-0.2, -0.15) is 0 Å². The van der Waals surface area contributed by atoms with Crippen LogP contribution in [0.3, 0.4) is 0 Å². The molecule has 40 valence electrons. The Hall–Kier alpha value is 0.0900. The number of allylic oxidation sites excluding steroid dienone is 1. The molecule has 0 saturated heterocycles. The molecule has 1 atom stereocenters. The monoisotopic (exact) mass is 114 g/mol. The molecule has 1 heterocycles. The molecule has 0 aliphatic carbocycles. The van der Waals surface area contributed by atoms with Crippen LogP contribution < -0.4 is 0 Å². The van der Waals surface area contributed by atoms with Gasteiger partial charge in [0.2, 0.25) is 0 Å². The first-order valence-corrected chi connectivity index (χ1v) is 3.54. The molecular weight excluding hydrogens is 104 g/mol. The van der Waals surface area contributed by atoms with Gasteiger partial charge in [-0.05, 0) is 18.8 Å². The van der Waals surface area contributed by atoms with Crippen LogP contribution >= 0.6 is 11.8 Å². The fourth-order valence-electron chi connectivity index (χ4n) is 0.782. The van der Waals surface area contributed by atoms with E-state index in [1.54, 1.807) is 0 Å². The summed E-state index contributed by atoms with van der Waals surface area (Å²) in [6, 6.07) is 0. The zero-order valence-corrected chi connectivity index (χ0v) is 5.59. The van der Waals surface area contributed by atoms with Gasteiger partial charge in [-0.15, -0.1) is 11.8 Å². The fourth-order valence-corrected chi connectivity index (χ4v) is 1.70. The highest BCUT2D eigenvalue weighted by atomic mass is 32.2. The summed E-state index contributed by atoms with van der Waals surface area (Å²) in [5, 5.41) is 3.10. The van der Waals surface area contributed by atoms with Crippen LogP contribution in [0, 0.1) is 0 Å². The first-order chi connectivity index (χ1) is 3.29. The minimum absolute atomic E-state index is 0.847. The lowest BCUT2D eigenvalue weighted by molar-refractivity contribution is 0.950.